The maximum Gasteiger partial charge on any atom is 0.227 e. The Bertz CT molecular complexity index is 3940. The average molecular weight is 1270 g/mol. The van der Waals surface area contributed by atoms with Crippen molar-refractivity contribution in [3.8, 4) is 0 Å². The van der Waals surface area contributed by atoms with Gasteiger partial charge in [-0.05, 0) is 150 Å². The lowest BCUT2D eigenvalue weighted by Gasteiger charge is -2.51. The van der Waals surface area contributed by atoms with Gasteiger partial charge < -0.3 is 77.2 Å². The molecule has 0 unspecified atom stereocenters. The fraction of sp³-hybridized carbons (Fsp3) is 0.537. The largest absolute Gasteiger partial charge is 0.619 e. The molecule has 26 nitrogen and oxygen atoms in total. The highest BCUT2D eigenvalue weighted by Gasteiger charge is 2.48. The van der Waals surface area contributed by atoms with Crippen LogP contribution in [-0.4, -0.2) is 118 Å². The molecule has 496 valence electrons. The summed E-state index contributed by atoms with van der Waals surface area (Å²) >= 11 is 0. The highest BCUT2D eigenvalue weighted by Crippen LogP contribution is 2.51. The van der Waals surface area contributed by atoms with Gasteiger partial charge in [0, 0.05) is 90.3 Å². The van der Waals surface area contributed by atoms with Crippen molar-refractivity contribution in [2.75, 3.05) is 51.7 Å². The number of hydrogen-bond acceptors (Lipinski definition) is 22. The summed E-state index contributed by atoms with van der Waals surface area (Å²) < 4.78 is 6.83. The molecule has 93 heavy (non-hydrogen) atoms. The van der Waals surface area contributed by atoms with Crippen LogP contribution in [0.15, 0.2) is 96.8 Å². The van der Waals surface area contributed by atoms with E-state index in [0.29, 0.717) is 93.0 Å². The summed E-state index contributed by atoms with van der Waals surface area (Å²) in [5.74, 6) is 5.14. The number of fused-ring (bicyclic) bond motifs is 6. The predicted molar refractivity (Wildman–Crippen MR) is 363 cm³/mol. The van der Waals surface area contributed by atoms with E-state index in [9.17, 15) is 25.3 Å². The summed E-state index contributed by atoms with van der Waals surface area (Å²) in [6.07, 6.45) is 31.2. The number of anilines is 7. The fourth-order valence-electron chi connectivity index (χ4n) is 14.0. The molecule has 5 atom stereocenters. The maximum absolute atomic E-state index is 12.5. The minimum Gasteiger partial charge on any atom is -0.619 e. The number of aryl methyl sites for hydroxylation is 1. The zero-order chi connectivity index (χ0) is 65.7. The molecule has 5 fully saturated rings. The molecular formula is C67H93N21O5. The van der Waals surface area contributed by atoms with Crippen molar-refractivity contribution in [3.63, 3.8) is 0 Å². The Morgan fingerprint density at radius 1 is 0.688 bits per heavy atom. The van der Waals surface area contributed by atoms with Gasteiger partial charge in [0.1, 0.15) is 11.5 Å². The number of aliphatic hydroxyl groups excluding tert-OH is 3. The molecule has 1 aliphatic heterocycles. The SMILES string of the molecule is C=C1C=C(Nc2nc(N[C@@H]3CCCC[C@H]3CCO)nc3c2ncn3C(C)C)C=C(N)N1.CC1=CCC(=O)C(Nc2nc(N[C@H]3CC4CCC3(CO)CC4)nc3c2ncn3C(C)C)=C1.Cc1cc(Nc2nc(N[C@H]3CCCC[C@@H]3CO)nc3c2ncn3C(C)C)c[n+]([O-])c1. The van der Waals surface area contributed by atoms with Gasteiger partial charge >= 0.3 is 0 Å². The normalized spacial score (nSPS) is 22.9. The van der Waals surface area contributed by atoms with Crippen LogP contribution in [0.25, 0.3) is 33.5 Å². The van der Waals surface area contributed by atoms with Crippen molar-refractivity contribution >= 4 is 80.3 Å². The van der Waals surface area contributed by atoms with Gasteiger partial charge in [-0.3, -0.25) is 4.79 Å². The number of carbonyl (C=O) groups is 1. The van der Waals surface area contributed by atoms with Crippen LogP contribution in [0.3, 0.4) is 0 Å². The number of ketones is 1. The molecule has 0 radical (unpaired) electrons. The number of pyridine rings is 1. The Hall–Kier alpha value is -8.75. The van der Waals surface area contributed by atoms with E-state index in [4.69, 9.17) is 30.7 Å². The topological polar surface area (TPSA) is 346 Å². The Morgan fingerprint density at radius 3 is 1.74 bits per heavy atom. The van der Waals surface area contributed by atoms with Crippen LogP contribution >= 0.6 is 0 Å². The quantitative estimate of drug-likeness (QED) is 0.0265. The van der Waals surface area contributed by atoms with Crippen LogP contribution in [-0.2, 0) is 4.79 Å². The number of nitrogens with zero attached hydrogens (tertiary/aromatic N) is 13. The molecule has 12 N–H and O–H groups in total. The second kappa shape index (κ2) is 28.6. The number of nitrogens with two attached hydrogens (primary N) is 1. The van der Waals surface area contributed by atoms with Crippen LogP contribution in [0.4, 0.5) is 41.0 Å². The van der Waals surface area contributed by atoms with Crippen LogP contribution in [0.2, 0.25) is 0 Å². The van der Waals surface area contributed by atoms with Crippen LogP contribution in [0, 0.1) is 35.3 Å². The van der Waals surface area contributed by atoms with Crippen molar-refractivity contribution in [1.82, 2.24) is 63.9 Å². The molecule has 14 rings (SSSR count). The molecule has 5 saturated carbocycles. The summed E-state index contributed by atoms with van der Waals surface area (Å²) in [5, 5.41) is 64.7. The van der Waals surface area contributed by atoms with Crippen molar-refractivity contribution in [2.45, 2.75) is 188 Å². The molecule has 0 saturated heterocycles. The molecular weight excluding hydrogens is 1180 g/mol. The highest BCUT2D eigenvalue weighted by molar-refractivity contribution is 6.02. The van der Waals surface area contributed by atoms with E-state index in [0.717, 1.165) is 103 Å². The molecule has 0 spiro atoms. The fourth-order valence-corrected chi connectivity index (χ4v) is 14.0. The van der Waals surface area contributed by atoms with Crippen LogP contribution < -0.4 is 47.7 Å². The zero-order valence-electron chi connectivity index (χ0n) is 55.0. The first-order chi connectivity index (χ1) is 44.8. The van der Waals surface area contributed by atoms with Gasteiger partial charge in [-0.25, -0.2) is 15.0 Å². The number of aliphatic hydroxyl groups is 3. The Labute approximate surface area is 542 Å². The maximum atomic E-state index is 12.5. The lowest BCUT2D eigenvalue weighted by Crippen LogP contribution is -2.52. The summed E-state index contributed by atoms with van der Waals surface area (Å²) in [7, 11) is 0. The van der Waals surface area contributed by atoms with E-state index in [2.05, 4.69) is 105 Å². The lowest BCUT2D eigenvalue weighted by molar-refractivity contribution is -0.605. The Balaban J connectivity index is 0.000000143. The average Bonchev–Trinajstić information content (AvgIpc) is 1.61. The molecule has 6 aliphatic carbocycles. The molecule has 26 heteroatoms. The van der Waals surface area contributed by atoms with E-state index in [1.807, 2.05) is 51.8 Å². The van der Waals surface area contributed by atoms with Crippen molar-refractivity contribution in [3.05, 3.63) is 108 Å². The van der Waals surface area contributed by atoms with Gasteiger partial charge in [-0.1, -0.05) is 43.9 Å². The Kier molecular flexibility index (Phi) is 20.2. The molecule has 0 aromatic carbocycles. The summed E-state index contributed by atoms with van der Waals surface area (Å²) in [4.78, 5) is 54.8. The molecule has 8 heterocycles. The van der Waals surface area contributed by atoms with E-state index < -0.39 is 0 Å². The van der Waals surface area contributed by atoms with Gasteiger partial charge in [0.2, 0.25) is 24.0 Å². The number of carbonyl (C=O) groups excluding carboxylic acids is 1. The molecule has 7 aliphatic rings. The minimum atomic E-state index is -0.108. The van der Waals surface area contributed by atoms with E-state index in [1.165, 1.54) is 38.1 Å². The third kappa shape index (κ3) is 15.0. The number of nitrogens with one attached hydrogen (secondary N) is 7. The Morgan fingerprint density at radius 2 is 1.22 bits per heavy atom. The second-order valence-electron chi connectivity index (χ2n) is 26.9. The van der Waals surface area contributed by atoms with Gasteiger partial charge in [0.05, 0.1) is 31.3 Å². The zero-order valence-corrected chi connectivity index (χ0v) is 55.0. The van der Waals surface area contributed by atoms with E-state index >= 15 is 0 Å². The number of dihydropyridines is 1. The number of allylic oxidation sites excluding steroid dienone is 6. The smallest absolute Gasteiger partial charge is 0.227 e. The number of hydrogen-bond donors (Lipinski definition) is 11. The van der Waals surface area contributed by atoms with Gasteiger partial charge in [-0.15, -0.1) is 0 Å². The summed E-state index contributed by atoms with van der Waals surface area (Å²) in [5.41, 5.74) is 14.6. The summed E-state index contributed by atoms with van der Waals surface area (Å²) in [6, 6.07) is 2.99. The monoisotopic (exact) mass is 1270 g/mol. The van der Waals surface area contributed by atoms with Crippen LogP contribution in [0.1, 0.15) is 168 Å². The lowest BCUT2D eigenvalue weighted by atomic mass is 9.58. The molecule has 7 aromatic rings. The van der Waals surface area contributed by atoms with Gasteiger partial charge in [-0.2, -0.15) is 34.6 Å². The third-order valence-corrected chi connectivity index (χ3v) is 19.1. The van der Waals surface area contributed by atoms with E-state index in [-0.39, 0.29) is 73.2 Å². The molecule has 2 bridgehead atoms. The highest BCUT2D eigenvalue weighted by atomic mass is 16.5. The number of rotatable bonds is 19. The molecule has 7 aromatic heterocycles. The van der Waals surface area contributed by atoms with Crippen LogP contribution in [0.5, 0.6) is 0 Å². The molecule has 0 amide bonds. The van der Waals surface area contributed by atoms with Gasteiger partial charge in [0.15, 0.2) is 62.9 Å². The number of aromatic nitrogens is 13. The standard InChI is InChI=1S/C24H32N6O2.C22H32N8O.C21H29N7O2/c1-14(2)30-13-25-20-21(26-17-10-15(3)4-5-18(17)32)28-23(29-22(20)30)27-19-11-16-6-8-24(19,12-31)9-7-16;1-13(2)30-12-24-19-20(26-16-10-14(3)25-18(23)11-16)28-22(29-21(19)30)27-17-7-5-4-6-15(17)8-9-31;1-13(2)28-12-22-18-19(23-16-8-14(3)9-27(30)10-16)25-21(26-20(18)28)24-17-7-5-4-6-15(17)11-29/h4,10,13-14,16,19,31H,5-9,11-12H2,1-3H3,(H2,26,27,28,29);10-13,15,17,25,31H,3-9,23H2,1-2H3,(H2,26,27,28,29);8-10,12-13,15,17,29H,4-7,11H2,1-3H3,(H2,23,24,25,26)/t16?,19-,24?;2*15-,17+/m001/s1. The van der Waals surface area contributed by atoms with E-state index in [1.54, 1.807) is 25.1 Å². The number of imidazole rings is 3. The summed E-state index contributed by atoms with van der Waals surface area (Å²) in [6.45, 7) is 20.9. The number of Topliss-reactive ketones (excluding diaryl/α,β-unsaturated/α-hetero) is 1. The third-order valence-electron chi connectivity index (χ3n) is 19.1. The van der Waals surface area contributed by atoms with Crippen molar-refractivity contribution in [2.24, 2.45) is 28.9 Å². The van der Waals surface area contributed by atoms with Crippen molar-refractivity contribution < 1.29 is 24.8 Å². The first-order valence-corrected chi connectivity index (χ1v) is 33.2. The first-order valence-electron chi connectivity index (χ1n) is 33.2. The predicted octanol–water partition coefficient (Wildman–Crippen LogP) is 10.0. The van der Waals surface area contributed by atoms with Crippen molar-refractivity contribution in [1.29, 1.82) is 0 Å². The van der Waals surface area contributed by atoms with Gasteiger partial charge in [0.25, 0.3) is 0 Å². The first kappa shape index (κ1) is 65.7. The minimum absolute atomic E-state index is 0.0315. The second-order valence-corrected chi connectivity index (χ2v) is 26.9.